The molecule has 6 heteroatoms. The van der Waals surface area contributed by atoms with E-state index in [1.807, 2.05) is 13.8 Å². The van der Waals surface area contributed by atoms with Crippen molar-refractivity contribution in [3.63, 3.8) is 0 Å². The van der Waals surface area contributed by atoms with Gasteiger partial charge in [0.05, 0.1) is 11.1 Å². The third-order valence-corrected chi connectivity index (χ3v) is 5.24. The van der Waals surface area contributed by atoms with Crippen LogP contribution in [0.15, 0.2) is 18.2 Å². The van der Waals surface area contributed by atoms with Gasteiger partial charge < -0.3 is 10.6 Å². The molecule has 2 aliphatic rings. The summed E-state index contributed by atoms with van der Waals surface area (Å²) in [5.41, 5.74) is 1.19. The van der Waals surface area contributed by atoms with E-state index in [1.54, 1.807) is 18.2 Å². The minimum atomic E-state index is -0.257. The van der Waals surface area contributed by atoms with Gasteiger partial charge >= 0.3 is 0 Å². The van der Waals surface area contributed by atoms with E-state index >= 15 is 0 Å². The van der Waals surface area contributed by atoms with Gasteiger partial charge in [0, 0.05) is 24.2 Å². The summed E-state index contributed by atoms with van der Waals surface area (Å²) in [7, 11) is 0. The molecular weight excluding hydrogens is 330 g/mol. The number of benzene rings is 1. The summed E-state index contributed by atoms with van der Waals surface area (Å²) in [6.45, 7) is 5.35. The Morgan fingerprint density at radius 3 is 2.54 bits per heavy atom. The topological polar surface area (TPSA) is 78.5 Å². The molecule has 1 heterocycles. The van der Waals surface area contributed by atoms with Crippen LogP contribution in [0, 0.1) is 0 Å². The van der Waals surface area contributed by atoms with E-state index in [9.17, 15) is 14.4 Å². The fourth-order valence-corrected chi connectivity index (χ4v) is 3.84. The van der Waals surface area contributed by atoms with Gasteiger partial charge in [0.25, 0.3) is 17.7 Å². The number of carbonyl (C=O) groups excluding carboxylic acids is 3. The zero-order valence-corrected chi connectivity index (χ0v) is 15.5. The molecule has 1 aliphatic heterocycles. The van der Waals surface area contributed by atoms with Crippen LogP contribution in [0.2, 0.25) is 0 Å². The number of rotatable bonds is 6. The first-order valence-corrected chi connectivity index (χ1v) is 9.56. The SMILES string of the molecule is CCN[C@H](C)CNC(=O)c1ccc2c(c1)C(=O)N(C1CCCCC1)C2=O. The van der Waals surface area contributed by atoms with Crippen molar-refractivity contribution < 1.29 is 14.4 Å². The number of hydrogen-bond acceptors (Lipinski definition) is 4. The molecule has 0 aromatic heterocycles. The molecule has 1 aromatic rings. The number of likely N-dealkylation sites (N-methyl/N-ethyl adjacent to an activating group) is 1. The van der Waals surface area contributed by atoms with Crippen LogP contribution in [0.1, 0.15) is 77.0 Å². The number of nitrogens with one attached hydrogen (secondary N) is 2. The molecule has 0 unspecified atom stereocenters. The Morgan fingerprint density at radius 2 is 1.85 bits per heavy atom. The van der Waals surface area contributed by atoms with Crippen molar-refractivity contribution in [1.82, 2.24) is 15.5 Å². The molecule has 1 aliphatic carbocycles. The van der Waals surface area contributed by atoms with E-state index in [4.69, 9.17) is 0 Å². The summed E-state index contributed by atoms with van der Waals surface area (Å²) in [5.74, 6) is -0.703. The van der Waals surface area contributed by atoms with Crippen molar-refractivity contribution in [3.8, 4) is 0 Å². The van der Waals surface area contributed by atoms with Crippen LogP contribution < -0.4 is 10.6 Å². The molecule has 1 atom stereocenters. The summed E-state index contributed by atoms with van der Waals surface area (Å²) in [6.07, 6.45) is 5.02. The van der Waals surface area contributed by atoms with Crippen molar-refractivity contribution in [1.29, 1.82) is 0 Å². The predicted octanol–water partition coefficient (Wildman–Crippen LogP) is 2.34. The molecule has 3 amide bonds. The average molecular weight is 357 g/mol. The second kappa shape index (κ2) is 7.99. The van der Waals surface area contributed by atoms with Gasteiger partial charge in [-0.05, 0) is 44.5 Å². The van der Waals surface area contributed by atoms with Gasteiger partial charge in [0.15, 0.2) is 0 Å². The molecule has 3 rings (SSSR count). The van der Waals surface area contributed by atoms with Crippen LogP contribution in [0.5, 0.6) is 0 Å². The van der Waals surface area contributed by atoms with E-state index < -0.39 is 0 Å². The first-order valence-electron chi connectivity index (χ1n) is 9.56. The first-order chi connectivity index (χ1) is 12.5. The lowest BCUT2D eigenvalue weighted by Gasteiger charge is -2.29. The minimum absolute atomic E-state index is 0.00519. The second-order valence-corrected chi connectivity index (χ2v) is 7.20. The molecule has 0 bridgehead atoms. The largest absolute Gasteiger partial charge is 0.350 e. The zero-order chi connectivity index (χ0) is 18.7. The summed E-state index contributed by atoms with van der Waals surface area (Å²) in [6, 6.07) is 4.96. The highest BCUT2D eigenvalue weighted by Crippen LogP contribution is 2.31. The minimum Gasteiger partial charge on any atom is -0.350 e. The monoisotopic (exact) mass is 357 g/mol. The van der Waals surface area contributed by atoms with Crippen LogP contribution in [0.4, 0.5) is 0 Å². The molecule has 140 valence electrons. The fourth-order valence-electron chi connectivity index (χ4n) is 3.84. The van der Waals surface area contributed by atoms with Gasteiger partial charge in [-0.1, -0.05) is 26.2 Å². The molecule has 1 aromatic carbocycles. The van der Waals surface area contributed by atoms with Gasteiger partial charge in [-0.2, -0.15) is 0 Å². The van der Waals surface area contributed by atoms with Gasteiger partial charge in [-0.25, -0.2) is 0 Å². The Bertz CT molecular complexity index is 710. The Balaban J connectivity index is 1.73. The predicted molar refractivity (Wildman–Crippen MR) is 99.3 cm³/mol. The van der Waals surface area contributed by atoms with Crippen LogP contribution in [0.25, 0.3) is 0 Å². The molecule has 1 saturated carbocycles. The molecule has 6 nitrogen and oxygen atoms in total. The zero-order valence-electron chi connectivity index (χ0n) is 15.5. The molecule has 0 spiro atoms. The van der Waals surface area contributed by atoms with Crippen LogP contribution >= 0.6 is 0 Å². The van der Waals surface area contributed by atoms with E-state index in [1.165, 1.54) is 4.90 Å². The molecule has 2 N–H and O–H groups in total. The maximum atomic E-state index is 12.8. The Morgan fingerprint density at radius 1 is 1.15 bits per heavy atom. The Labute approximate surface area is 154 Å². The number of nitrogens with zero attached hydrogens (tertiary/aromatic N) is 1. The summed E-state index contributed by atoms with van der Waals surface area (Å²) >= 11 is 0. The van der Waals surface area contributed by atoms with Gasteiger partial charge in [0.2, 0.25) is 0 Å². The Kier molecular flexibility index (Phi) is 5.71. The maximum absolute atomic E-state index is 12.8. The molecule has 1 fully saturated rings. The highest BCUT2D eigenvalue weighted by molar-refractivity contribution is 6.22. The van der Waals surface area contributed by atoms with Crippen molar-refractivity contribution >= 4 is 17.7 Å². The average Bonchev–Trinajstić information content (AvgIpc) is 2.91. The third-order valence-electron chi connectivity index (χ3n) is 5.24. The van der Waals surface area contributed by atoms with Crippen molar-refractivity contribution in [2.24, 2.45) is 0 Å². The standard InChI is InChI=1S/C20H27N3O3/c1-3-21-13(2)12-22-18(24)14-9-10-16-17(11-14)20(26)23(19(16)25)15-7-5-4-6-8-15/h9-11,13,15,21H,3-8,12H2,1-2H3,(H,22,24)/t13-/m1/s1. The van der Waals surface area contributed by atoms with E-state index in [2.05, 4.69) is 10.6 Å². The summed E-state index contributed by atoms with van der Waals surface area (Å²) < 4.78 is 0. The van der Waals surface area contributed by atoms with Gasteiger partial charge in [-0.3, -0.25) is 19.3 Å². The molecule has 0 saturated heterocycles. The van der Waals surface area contributed by atoms with Crippen LogP contribution in [-0.4, -0.2) is 47.8 Å². The van der Waals surface area contributed by atoms with Crippen LogP contribution in [-0.2, 0) is 0 Å². The maximum Gasteiger partial charge on any atom is 0.261 e. The smallest absolute Gasteiger partial charge is 0.261 e. The quantitative estimate of drug-likeness (QED) is 0.766. The first kappa shape index (κ1) is 18.6. The van der Waals surface area contributed by atoms with E-state index in [0.717, 1.165) is 38.6 Å². The number of imide groups is 1. The molecule has 26 heavy (non-hydrogen) atoms. The van der Waals surface area contributed by atoms with Crippen molar-refractivity contribution in [2.45, 2.75) is 58.0 Å². The number of amides is 3. The van der Waals surface area contributed by atoms with Crippen molar-refractivity contribution in [2.75, 3.05) is 13.1 Å². The molecular formula is C20H27N3O3. The Hall–Kier alpha value is -2.21. The highest BCUT2D eigenvalue weighted by atomic mass is 16.2. The second-order valence-electron chi connectivity index (χ2n) is 7.20. The fraction of sp³-hybridized carbons (Fsp3) is 0.550. The molecule has 0 radical (unpaired) electrons. The lowest BCUT2D eigenvalue weighted by molar-refractivity contribution is 0.0549. The van der Waals surface area contributed by atoms with Gasteiger partial charge in [-0.15, -0.1) is 0 Å². The van der Waals surface area contributed by atoms with Crippen molar-refractivity contribution in [3.05, 3.63) is 34.9 Å². The van der Waals surface area contributed by atoms with Gasteiger partial charge in [0.1, 0.15) is 0 Å². The lowest BCUT2D eigenvalue weighted by atomic mass is 9.94. The normalized spacial score (nSPS) is 18.8. The highest BCUT2D eigenvalue weighted by Gasteiger charge is 2.40. The number of carbonyl (C=O) groups is 3. The van der Waals surface area contributed by atoms with Crippen LogP contribution in [0.3, 0.4) is 0 Å². The van der Waals surface area contributed by atoms with E-state index in [-0.39, 0.29) is 29.8 Å². The number of fused-ring (bicyclic) bond motifs is 1. The van der Waals surface area contributed by atoms with E-state index in [0.29, 0.717) is 23.2 Å². The lowest BCUT2D eigenvalue weighted by Crippen LogP contribution is -2.40. The number of hydrogen-bond donors (Lipinski definition) is 2. The summed E-state index contributed by atoms with van der Waals surface area (Å²) in [5, 5.41) is 6.09. The summed E-state index contributed by atoms with van der Waals surface area (Å²) in [4.78, 5) is 39.3. The third kappa shape index (κ3) is 3.65.